The Labute approximate surface area is 142 Å². The van der Waals surface area contributed by atoms with Gasteiger partial charge in [-0.1, -0.05) is 31.4 Å². The van der Waals surface area contributed by atoms with E-state index >= 15 is 0 Å². The minimum Gasteiger partial charge on any atom is -0.312 e. The molecule has 1 aliphatic carbocycles. The molecule has 21 heavy (non-hydrogen) atoms. The van der Waals surface area contributed by atoms with Crippen LogP contribution in [0, 0.1) is 9.49 Å². The van der Waals surface area contributed by atoms with Gasteiger partial charge in [-0.05, 0) is 78.6 Å². The number of halogens is 1. The van der Waals surface area contributed by atoms with Gasteiger partial charge in [0, 0.05) is 22.7 Å². The fraction of sp³-hybridized carbons (Fsp3) is 0.667. The van der Waals surface area contributed by atoms with Crippen molar-refractivity contribution in [2.45, 2.75) is 51.1 Å². The van der Waals surface area contributed by atoms with Crippen molar-refractivity contribution in [3.63, 3.8) is 0 Å². The van der Waals surface area contributed by atoms with Gasteiger partial charge in [0.25, 0.3) is 0 Å². The Balaban J connectivity index is 1.60. The number of benzene rings is 1. The first-order valence-corrected chi connectivity index (χ1v) is 9.59. The number of hydrogen-bond donors (Lipinski definition) is 1. The highest BCUT2D eigenvalue weighted by Crippen LogP contribution is 2.27. The van der Waals surface area contributed by atoms with Crippen LogP contribution in [0.5, 0.6) is 0 Å². The fourth-order valence-electron chi connectivity index (χ4n) is 3.87. The smallest absolute Gasteiger partial charge is 0.0234 e. The highest BCUT2D eigenvalue weighted by Gasteiger charge is 2.26. The molecular formula is C18H27IN2. The first kappa shape index (κ1) is 15.8. The summed E-state index contributed by atoms with van der Waals surface area (Å²) in [5, 5.41) is 3.83. The molecular weight excluding hydrogens is 371 g/mol. The summed E-state index contributed by atoms with van der Waals surface area (Å²) in [6, 6.07) is 9.75. The quantitative estimate of drug-likeness (QED) is 0.774. The highest BCUT2D eigenvalue weighted by molar-refractivity contribution is 14.1. The molecule has 2 fully saturated rings. The molecule has 2 nitrogen and oxygen atoms in total. The zero-order valence-electron chi connectivity index (χ0n) is 12.9. The van der Waals surface area contributed by atoms with Gasteiger partial charge < -0.3 is 5.32 Å². The monoisotopic (exact) mass is 398 g/mol. The van der Waals surface area contributed by atoms with Gasteiger partial charge in [-0.2, -0.15) is 0 Å². The summed E-state index contributed by atoms with van der Waals surface area (Å²) in [6.45, 7) is 4.78. The van der Waals surface area contributed by atoms with E-state index in [1.54, 1.807) is 0 Å². The van der Waals surface area contributed by atoms with E-state index in [0.29, 0.717) is 0 Å². The number of rotatable bonds is 3. The Bertz CT molecular complexity index is 425. The van der Waals surface area contributed by atoms with E-state index in [2.05, 4.69) is 57.1 Å². The van der Waals surface area contributed by atoms with Crippen LogP contribution in [-0.2, 0) is 6.54 Å². The predicted molar refractivity (Wildman–Crippen MR) is 97.4 cm³/mol. The van der Waals surface area contributed by atoms with Crippen LogP contribution in [0.3, 0.4) is 0 Å². The van der Waals surface area contributed by atoms with E-state index in [1.807, 2.05) is 0 Å². The lowest BCUT2D eigenvalue weighted by Crippen LogP contribution is -2.43. The van der Waals surface area contributed by atoms with Gasteiger partial charge >= 0.3 is 0 Å². The van der Waals surface area contributed by atoms with E-state index < -0.39 is 0 Å². The molecule has 0 bridgehead atoms. The second kappa shape index (κ2) is 7.93. The number of hydrogen-bond acceptors (Lipinski definition) is 2. The van der Waals surface area contributed by atoms with Gasteiger partial charge in [0.05, 0.1) is 0 Å². The molecule has 1 aromatic rings. The Morgan fingerprint density at radius 1 is 1.05 bits per heavy atom. The maximum atomic E-state index is 3.83. The van der Waals surface area contributed by atoms with Crippen LogP contribution < -0.4 is 5.32 Å². The van der Waals surface area contributed by atoms with Gasteiger partial charge in [0.2, 0.25) is 0 Å². The van der Waals surface area contributed by atoms with Gasteiger partial charge in [-0.3, -0.25) is 4.90 Å². The zero-order chi connectivity index (χ0) is 14.5. The van der Waals surface area contributed by atoms with Crippen LogP contribution >= 0.6 is 22.6 Å². The lowest BCUT2D eigenvalue weighted by molar-refractivity contribution is 0.201. The Morgan fingerprint density at radius 3 is 2.57 bits per heavy atom. The van der Waals surface area contributed by atoms with Gasteiger partial charge in [-0.15, -0.1) is 0 Å². The van der Waals surface area contributed by atoms with Crippen LogP contribution in [-0.4, -0.2) is 30.6 Å². The number of nitrogens with one attached hydrogen (secondary N) is 1. The largest absolute Gasteiger partial charge is 0.312 e. The molecule has 1 heterocycles. The molecule has 1 unspecified atom stereocenters. The summed E-state index contributed by atoms with van der Waals surface area (Å²) in [5.74, 6) is 0.913. The van der Waals surface area contributed by atoms with Crippen LogP contribution in [0.2, 0.25) is 0 Å². The third-order valence-electron chi connectivity index (χ3n) is 5.05. The van der Waals surface area contributed by atoms with Crippen LogP contribution in [0.4, 0.5) is 0 Å². The number of nitrogens with zero attached hydrogens (tertiary/aromatic N) is 1. The molecule has 1 aliphatic heterocycles. The van der Waals surface area contributed by atoms with E-state index in [9.17, 15) is 0 Å². The molecule has 3 heteroatoms. The molecule has 1 aromatic carbocycles. The maximum absolute atomic E-state index is 3.83. The molecule has 116 valence electrons. The summed E-state index contributed by atoms with van der Waals surface area (Å²) < 4.78 is 1.33. The zero-order valence-corrected chi connectivity index (χ0v) is 15.0. The standard InChI is InChI=1S/C18H27IN2/c19-17-9-7-15(8-10-17)13-21-12-4-11-20-18(14-21)16-5-2-1-3-6-16/h7-10,16,18,20H,1-6,11-14H2. The molecule has 0 radical (unpaired) electrons. The average molecular weight is 398 g/mol. The van der Waals surface area contributed by atoms with Crippen molar-refractivity contribution in [2.24, 2.45) is 5.92 Å². The molecule has 0 spiro atoms. The van der Waals surface area contributed by atoms with Crippen LogP contribution in [0.25, 0.3) is 0 Å². The Hall–Kier alpha value is -0.130. The normalized spacial score (nSPS) is 25.7. The van der Waals surface area contributed by atoms with Crippen molar-refractivity contribution in [3.05, 3.63) is 33.4 Å². The van der Waals surface area contributed by atoms with Crippen molar-refractivity contribution in [2.75, 3.05) is 19.6 Å². The first-order valence-electron chi connectivity index (χ1n) is 8.51. The minimum atomic E-state index is 0.719. The van der Waals surface area contributed by atoms with Gasteiger partial charge in [-0.25, -0.2) is 0 Å². The topological polar surface area (TPSA) is 15.3 Å². The maximum Gasteiger partial charge on any atom is 0.0234 e. The van der Waals surface area contributed by atoms with Crippen LogP contribution in [0.1, 0.15) is 44.1 Å². The summed E-state index contributed by atoms with van der Waals surface area (Å²) in [4.78, 5) is 2.67. The van der Waals surface area contributed by atoms with Crippen molar-refractivity contribution < 1.29 is 0 Å². The summed E-state index contributed by atoms with van der Waals surface area (Å²) in [5.41, 5.74) is 1.46. The second-order valence-electron chi connectivity index (χ2n) is 6.67. The molecule has 1 saturated heterocycles. The van der Waals surface area contributed by atoms with E-state index in [1.165, 1.54) is 67.3 Å². The molecule has 3 rings (SSSR count). The molecule has 0 aromatic heterocycles. The second-order valence-corrected chi connectivity index (χ2v) is 7.92. The van der Waals surface area contributed by atoms with Gasteiger partial charge in [0.15, 0.2) is 0 Å². The molecule has 0 amide bonds. The molecule has 1 N–H and O–H groups in total. The van der Waals surface area contributed by atoms with E-state index in [0.717, 1.165) is 18.5 Å². The van der Waals surface area contributed by atoms with E-state index in [4.69, 9.17) is 0 Å². The minimum absolute atomic E-state index is 0.719. The SMILES string of the molecule is Ic1ccc(CN2CCCNC(C3CCCCC3)C2)cc1. The third kappa shape index (κ3) is 4.67. The van der Waals surface area contributed by atoms with Crippen molar-refractivity contribution >= 4 is 22.6 Å². The molecule has 1 saturated carbocycles. The predicted octanol–water partition coefficient (Wildman–Crippen LogP) is 4.04. The summed E-state index contributed by atoms with van der Waals surface area (Å²) in [7, 11) is 0. The van der Waals surface area contributed by atoms with E-state index in [-0.39, 0.29) is 0 Å². The van der Waals surface area contributed by atoms with Gasteiger partial charge in [0.1, 0.15) is 0 Å². The lowest BCUT2D eigenvalue weighted by atomic mass is 9.83. The van der Waals surface area contributed by atoms with Crippen molar-refractivity contribution in [3.8, 4) is 0 Å². The Morgan fingerprint density at radius 2 is 1.81 bits per heavy atom. The summed E-state index contributed by atoms with van der Waals surface area (Å²) >= 11 is 2.38. The summed E-state index contributed by atoms with van der Waals surface area (Å²) in [6.07, 6.45) is 8.51. The molecule has 1 atom stereocenters. The van der Waals surface area contributed by atoms with Crippen molar-refractivity contribution in [1.29, 1.82) is 0 Å². The fourth-order valence-corrected chi connectivity index (χ4v) is 4.23. The van der Waals surface area contributed by atoms with Crippen LogP contribution in [0.15, 0.2) is 24.3 Å². The average Bonchev–Trinajstić information content (AvgIpc) is 2.76. The molecule has 2 aliphatic rings. The third-order valence-corrected chi connectivity index (χ3v) is 5.77. The first-order chi connectivity index (χ1) is 10.3. The Kier molecular flexibility index (Phi) is 5.95. The lowest BCUT2D eigenvalue weighted by Gasteiger charge is -2.33. The van der Waals surface area contributed by atoms with Crippen molar-refractivity contribution in [1.82, 2.24) is 10.2 Å². The highest BCUT2D eigenvalue weighted by atomic mass is 127.